The molecule has 4 rings (SSSR count). The second kappa shape index (κ2) is 6.74. The van der Waals surface area contributed by atoms with E-state index in [0.717, 1.165) is 10.9 Å². The third kappa shape index (κ3) is 3.08. The third-order valence-corrected chi connectivity index (χ3v) is 5.38. The lowest BCUT2D eigenvalue weighted by Gasteiger charge is -2.31. The lowest BCUT2D eigenvalue weighted by Crippen LogP contribution is -2.39. The molecule has 0 aliphatic carbocycles. The summed E-state index contributed by atoms with van der Waals surface area (Å²) in [5.74, 6) is -0.818. The van der Waals surface area contributed by atoms with E-state index in [0.29, 0.717) is 42.3 Å². The molecule has 0 atom stereocenters. The van der Waals surface area contributed by atoms with Gasteiger partial charge in [0.25, 0.3) is 5.91 Å². The molecule has 7 nitrogen and oxygen atoms in total. The molecule has 0 radical (unpaired) electrons. The smallest absolute Gasteiger partial charge is 0.338 e. The van der Waals surface area contributed by atoms with Crippen molar-refractivity contribution in [2.24, 2.45) is 0 Å². The lowest BCUT2D eigenvalue weighted by atomic mass is 10.0. The fraction of sp³-hybridized carbons (Fsp3) is 0.316. The SMILES string of the molecule is Cc1c(C(=O)N2CCC(n3cc(C(=O)O)cn3)CC2)oc2c(Cl)cccc12. The molecule has 27 heavy (non-hydrogen) atoms. The van der Waals surface area contributed by atoms with E-state index in [-0.39, 0.29) is 17.5 Å². The van der Waals surface area contributed by atoms with E-state index in [1.54, 1.807) is 15.6 Å². The van der Waals surface area contributed by atoms with E-state index in [1.807, 2.05) is 19.1 Å². The number of aromatic carboxylic acids is 1. The first-order valence-electron chi connectivity index (χ1n) is 8.70. The molecular weight excluding hydrogens is 370 g/mol. The average molecular weight is 388 g/mol. The normalized spacial score (nSPS) is 15.4. The molecule has 1 aromatic carbocycles. The van der Waals surface area contributed by atoms with Gasteiger partial charge >= 0.3 is 5.97 Å². The van der Waals surface area contributed by atoms with Gasteiger partial charge in [-0.15, -0.1) is 0 Å². The molecule has 8 heteroatoms. The highest BCUT2D eigenvalue weighted by atomic mass is 35.5. The number of piperidine rings is 1. The Balaban J connectivity index is 1.49. The highest BCUT2D eigenvalue weighted by molar-refractivity contribution is 6.35. The quantitative estimate of drug-likeness (QED) is 0.739. The van der Waals surface area contributed by atoms with Crippen LogP contribution in [0.4, 0.5) is 0 Å². The lowest BCUT2D eigenvalue weighted by molar-refractivity contribution is 0.0659. The van der Waals surface area contributed by atoms with E-state index in [2.05, 4.69) is 5.10 Å². The number of rotatable bonds is 3. The standard InChI is InChI=1S/C19H18ClN3O4/c1-11-14-3-2-4-15(20)17(14)27-16(11)18(24)22-7-5-13(6-8-22)23-10-12(9-21-23)19(25)26/h2-4,9-10,13H,5-8H2,1H3,(H,25,26). The number of aryl methyl sites for hydroxylation is 1. The number of carboxylic acids is 1. The first-order valence-corrected chi connectivity index (χ1v) is 9.08. The van der Waals surface area contributed by atoms with Crippen molar-refractivity contribution in [3.63, 3.8) is 0 Å². The van der Waals surface area contributed by atoms with Crippen molar-refractivity contribution < 1.29 is 19.1 Å². The number of fused-ring (bicyclic) bond motifs is 1. The average Bonchev–Trinajstić information content (AvgIpc) is 3.28. The molecule has 140 valence electrons. The van der Waals surface area contributed by atoms with Crippen molar-refractivity contribution in [3.8, 4) is 0 Å². The maximum Gasteiger partial charge on any atom is 0.338 e. The number of carbonyl (C=O) groups is 2. The second-order valence-corrected chi connectivity index (χ2v) is 7.12. The van der Waals surface area contributed by atoms with Crippen molar-refractivity contribution >= 4 is 34.4 Å². The zero-order valence-electron chi connectivity index (χ0n) is 14.7. The van der Waals surface area contributed by atoms with Gasteiger partial charge in [0.05, 0.1) is 22.8 Å². The van der Waals surface area contributed by atoms with Crippen LogP contribution in [-0.4, -0.2) is 44.8 Å². The number of likely N-dealkylation sites (tertiary alicyclic amines) is 1. The Bertz CT molecular complexity index is 1030. The Labute approximate surface area is 160 Å². The number of benzene rings is 1. The van der Waals surface area contributed by atoms with E-state index < -0.39 is 5.97 Å². The largest absolute Gasteiger partial charge is 0.478 e. The molecule has 0 saturated carbocycles. The number of aromatic nitrogens is 2. The minimum absolute atomic E-state index is 0.0772. The Kier molecular flexibility index (Phi) is 4.39. The number of halogens is 1. The second-order valence-electron chi connectivity index (χ2n) is 6.71. The van der Waals surface area contributed by atoms with Crippen LogP contribution >= 0.6 is 11.6 Å². The summed E-state index contributed by atoms with van der Waals surface area (Å²) in [4.78, 5) is 25.7. The number of furan rings is 1. The minimum Gasteiger partial charge on any atom is -0.478 e. The number of amides is 1. The van der Waals surface area contributed by atoms with Crippen molar-refractivity contribution in [3.05, 3.63) is 52.5 Å². The molecule has 1 N–H and O–H groups in total. The fourth-order valence-electron chi connectivity index (χ4n) is 3.54. The van der Waals surface area contributed by atoms with Gasteiger partial charge in [-0.1, -0.05) is 23.7 Å². The Morgan fingerprint density at radius 2 is 2.04 bits per heavy atom. The van der Waals surface area contributed by atoms with Gasteiger partial charge in [0.15, 0.2) is 11.3 Å². The predicted molar refractivity (Wildman–Crippen MR) is 99.3 cm³/mol. The maximum atomic E-state index is 12.9. The molecule has 1 amide bonds. The number of carbonyl (C=O) groups excluding carboxylic acids is 1. The van der Waals surface area contributed by atoms with Gasteiger partial charge in [-0.2, -0.15) is 5.10 Å². The van der Waals surface area contributed by atoms with Crippen molar-refractivity contribution in [2.75, 3.05) is 13.1 Å². The van der Waals surface area contributed by atoms with Crippen LogP contribution in [0.3, 0.4) is 0 Å². The molecule has 1 aliphatic heterocycles. The maximum absolute atomic E-state index is 12.9. The van der Waals surface area contributed by atoms with Gasteiger partial charge in [-0.25, -0.2) is 4.79 Å². The van der Waals surface area contributed by atoms with Crippen molar-refractivity contribution in [1.29, 1.82) is 0 Å². The van der Waals surface area contributed by atoms with Gasteiger partial charge in [0, 0.05) is 30.2 Å². The van der Waals surface area contributed by atoms with Crippen LogP contribution in [0, 0.1) is 6.92 Å². The Morgan fingerprint density at radius 1 is 1.30 bits per heavy atom. The van der Waals surface area contributed by atoms with Crippen LogP contribution in [0.25, 0.3) is 11.0 Å². The first-order chi connectivity index (χ1) is 13.0. The molecule has 2 aromatic heterocycles. The highest BCUT2D eigenvalue weighted by Gasteiger charge is 2.29. The van der Waals surface area contributed by atoms with Gasteiger partial charge < -0.3 is 14.4 Å². The summed E-state index contributed by atoms with van der Waals surface area (Å²) in [7, 11) is 0. The van der Waals surface area contributed by atoms with Crippen molar-refractivity contribution in [1.82, 2.24) is 14.7 Å². The topological polar surface area (TPSA) is 88.6 Å². The molecule has 1 saturated heterocycles. The number of hydrogen-bond donors (Lipinski definition) is 1. The van der Waals surface area contributed by atoms with E-state index >= 15 is 0 Å². The zero-order valence-corrected chi connectivity index (χ0v) is 15.4. The summed E-state index contributed by atoms with van der Waals surface area (Å²) in [6, 6.07) is 5.54. The Morgan fingerprint density at radius 3 is 2.67 bits per heavy atom. The summed E-state index contributed by atoms with van der Waals surface area (Å²) >= 11 is 6.17. The summed E-state index contributed by atoms with van der Waals surface area (Å²) in [5.41, 5.74) is 1.49. The van der Waals surface area contributed by atoms with Crippen LogP contribution in [-0.2, 0) is 0 Å². The molecule has 1 fully saturated rings. The molecule has 0 spiro atoms. The number of carboxylic acid groups (broad SMARTS) is 1. The zero-order chi connectivity index (χ0) is 19.1. The first kappa shape index (κ1) is 17.6. The minimum atomic E-state index is -0.993. The van der Waals surface area contributed by atoms with Crippen molar-refractivity contribution in [2.45, 2.75) is 25.8 Å². The highest BCUT2D eigenvalue weighted by Crippen LogP contribution is 2.32. The molecular formula is C19H18ClN3O4. The molecule has 0 unspecified atom stereocenters. The summed E-state index contributed by atoms with van der Waals surface area (Å²) in [6.07, 6.45) is 4.29. The summed E-state index contributed by atoms with van der Waals surface area (Å²) in [6.45, 7) is 2.96. The molecule has 3 aromatic rings. The van der Waals surface area contributed by atoms with Crippen LogP contribution < -0.4 is 0 Å². The van der Waals surface area contributed by atoms with E-state index in [9.17, 15) is 9.59 Å². The van der Waals surface area contributed by atoms with Crippen LogP contribution in [0.5, 0.6) is 0 Å². The van der Waals surface area contributed by atoms with Gasteiger partial charge in [-0.3, -0.25) is 9.48 Å². The summed E-state index contributed by atoms with van der Waals surface area (Å²) < 4.78 is 7.46. The molecule has 1 aliphatic rings. The molecule has 0 bridgehead atoms. The van der Waals surface area contributed by atoms with Crippen LogP contribution in [0.2, 0.25) is 5.02 Å². The van der Waals surface area contributed by atoms with E-state index in [4.69, 9.17) is 21.1 Å². The van der Waals surface area contributed by atoms with E-state index in [1.165, 1.54) is 12.4 Å². The number of nitrogens with zero attached hydrogens (tertiary/aromatic N) is 3. The van der Waals surface area contributed by atoms with Gasteiger partial charge in [-0.05, 0) is 25.8 Å². The third-order valence-electron chi connectivity index (χ3n) is 5.08. The number of hydrogen-bond acceptors (Lipinski definition) is 4. The van der Waals surface area contributed by atoms with Gasteiger partial charge in [0.1, 0.15) is 0 Å². The molecule has 3 heterocycles. The predicted octanol–water partition coefficient (Wildman–Crippen LogP) is 3.77. The van der Waals surface area contributed by atoms with Crippen LogP contribution in [0.1, 0.15) is 45.4 Å². The Hall–Kier alpha value is -2.80. The van der Waals surface area contributed by atoms with Gasteiger partial charge in [0.2, 0.25) is 0 Å². The monoisotopic (exact) mass is 387 g/mol. The number of para-hydroxylation sites is 1. The fourth-order valence-corrected chi connectivity index (χ4v) is 3.75. The summed E-state index contributed by atoms with van der Waals surface area (Å²) in [5, 5.41) is 14.5. The van der Waals surface area contributed by atoms with Crippen LogP contribution in [0.15, 0.2) is 35.0 Å².